The lowest BCUT2D eigenvalue weighted by molar-refractivity contribution is -0.136. The molecule has 0 aliphatic carbocycles. The van der Waals surface area contributed by atoms with E-state index in [-0.39, 0.29) is 12.4 Å². The van der Waals surface area contributed by atoms with Gasteiger partial charge in [-0.15, -0.1) is 6.58 Å². The lowest BCUT2D eigenvalue weighted by Gasteiger charge is -2.12. The number of aryl methyl sites for hydroxylation is 1. The molecule has 1 aromatic heterocycles. The van der Waals surface area contributed by atoms with Crippen molar-refractivity contribution in [2.75, 3.05) is 27.9 Å². The number of aromatic nitrogens is 1. The lowest BCUT2D eigenvalue weighted by atomic mass is 10.1. The average Bonchev–Trinajstić information content (AvgIpc) is 3.03. The first kappa shape index (κ1) is 22.8. The minimum Gasteiger partial charge on any atom is -0.493 e. The Labute approximate surface area is 176 Å². The summed E-state index contributed by atoms with van der Waals surface area (Å²) in [5.41, 5.74) is 2.96. The van der Waals surface area contributed by atoms with Crippen LogP contribution in [0.25, 0.3) is 6.08 Å². The van der Waals surface area contributed by atoms with Crippen molar-refractivity contribution in [1.82, 2.24) is 4.57 Å². The summed E-state index contributed by atoms with van der Waals surface area (Å²) >= 11 is 0. The minimum absolute atomic E-state index is 0.257. The number of ketones is 1. The fourth-order valence-corrected chi connectivity index (χ4v) is 3.12. The quantitative estimate of drug-likeness (QED) is 0.256. The molecule has 0 amide bonds. The fourth-order valence-electron chi connectivity index (χ4n) is 3.12. The SMILES string of the molecule is C=CCn1c(C)cc(C(=O)COC(=O)C=Cc2cc(OC)c(OC)c(OC)c2)c1C. The maximum atomic E-state index is 12.5. The van der Waals surface area contributed by atoms with Crippen LogP contribution < -0.4 is 14.2 Å². The number of carbonyl (C=O) groups is 2. The molecule has 2 aromatic rings. The van der Waals surface area contributed by atoms with Crippen molar-refractivity contribution in [2.24, 2.45) is 0 Å². The van der Waals surface area contributed by atoms with Crippen molar-refractivity contribution >= 4 is 17.8 Å². The molecular weight excluding hydrogens is 386 g/mol. The molecule has 7 heteroatoms. The summed E-state index contributed by atoms with van der Waals surface area (Å²) in [7, 11) is 4.53. The van der Waals surface area contributed by atoms with Gasteiger partial charge in [-0.05, 0) is 43.7 Å². The van der Waals surface area contributed by atoms with Gasteiger partial charge >= 0.3 is 5.97 Å². The predicted molar refractivity (Wildman–Crippen MR) is 115 cm³/mol. The molecule has 0 aliphatic rings. The van der Waals surface area contributed by atoms with Gasteiger partial charge < -0.3 is 23.5 Å². The smallest absolute Gasteiger partial charge is 0.331 e. The highest BCUT2D eigenvalue weighted by molar-refractivity contribution is 6.00. The second-order valence-electron chi connectivity index (χ2n) is 6.51. The van der Waals surface area contributed by atoms with Crippen LogP contribution in [0.1, 0.15) is 27.3 Å². The third-order valence-electron chi connectivity index (χ3n) is 4.63. The standard InChI is InChI=1S/C23H27NO6/c1-7-10-24-15(2)11-18(16(24)3)19(25)14-30-22(26)9-8-17-12-20(27-4)23(29-6)21(13-17)28-5/h7-9,11-13H,1,10,14H2,2-6H3. The van der Waals surface area contributed by atoms with Crippen molar-refractivity contribution in [2.45, 2.75) is 20.4 Å². The van der Waals surface area contributed by atoms with Crippen molar-refractivity contribution in [3.8, 4) is 17.2 Å². The van der Waals surface area contributed by atoms with E-state index in [0.717, 1.165) is 11.4 Å². The van der Waals surface area contributed by atoms with Crippen LogP contribution in [0.3, 0.4) is 0 Å². The van der Waals surface area contributed by atoms with Gasteiger partial charge in [-0.2, -0.15) is 0 Å². The zero-order valence-electron chi connectivity index (χ0n) is 18.0. The monoisotopic (exact) mass is 413 g/mol. The van der Waals surface area contributed by atoms with Crippen LogP contribution in [0.4, 0.5) is 0 Å². The molecule has 1 heterocycles. The molecule has 0 radical (unpaired) electrons. The van der Waals surface area contributed by atoms with Crippen LogP contribution in [0.5, 0.6) is 17.2 Å². The van der Waals surface area contributed by atoms with Crippen molar-refractivity contribution in [1.29, 1.82) is 0 Å². The number of allylic oxidation sites excluding steroid dienone is 1. The molecule has 0 atom stereocenters. The molecule has 0 saturated heterocycles. The Morgan fingerprint density at radius 1 is 1.03 bits per heavy atom. The van der Waals surface area contributed by atoms with E-state index in [1.54, 1.807) is 30.4 Å². The summed E-state index contributed by atoms with van der Waals surface area (Å²) < 4.78 is 22.9. The Bertz CT molecular complexity index is 945. The highest BCUT2D eigenvalue weighted by Crippen LogP contribution is 2.38. The molecule has 0 unspecified atom stereocenters. The van der Waals surface area contributed by atoms with Gasteiger partial charge in [0.1, 0.15) is 0 Å². The molecule has 7 nitrogen and oxygen atoms in total. The second kappa shape index (κ2) is 10.3. The Kier molecular flexibility index (Phi) is 7.86. The van der Waals surface area contributed by atoms with Gasteiger partial charge in [0.05, 0.1) is 21.3 Å². The number of carbonyl (C=O) groups excluding carboxylic acids is 2. The first-order chi connectivity index (χ1) is 14.4. The van der Waals surface area contributed by atoms with Gasteiger partial charge in [0.15, 0.2) is 18.1 Å². The molecule has 160 valence electrons. The van der Waals surface area contributed by atoms with Gasteiger partial charge in [-0.25, -0.2) is 4.79 Å². The van der Waals surface area contributed by atoms with Crippen LogP contribution >= 0.6 is 0 Å². The van der Waals surface area contributed by atoms with Crippen LogP contribution in [-0.4, -0.2) is 44.3 Å². The van der Waals surface area contributed by atoms with Gasteiger partial charge in [0, 0.05) is 29.6 Å². The Balaban J connectivity index is 2.06. The molecule has 0 aliphatic heterocycles. The van der Waals surface area contributed by atoms with Crippen LogP contribution in [0.2, 0.25) is 0 Å². The maximum Gasteiger partial charge on any atom is 0.331 e. The van der Waals surface area contributed by atoms with E-state index in [1.165, 1.54) is 27.4 Å². The fraction of sp³-hybridized carbons (Fsp3) is 0.304. The molecule has 0 fully saturated rings. The normalized spacial score (nSPS) is 10.7. The van der Waals surface area contributed by atoms with Crippen molar-refractivity contribution < 1.29 is 28.5 Å². The van der Waals surface area contributed by atoms with Crippen LogP contribution in [0, 0.1) is 13.8 Å². The van der Waals surface area contributed by atoms with Gasteiger partial charge in [0.2, 0.25) is 11.5 Å². The summed E-state index contributed by atoms with van der Waals surface area (Å²) in [6.07, 6.45) is 4.56. The number of hydrogen-bond donors (Lipinski definition) is 0. The van der Waals surface area contributed by atoms with E-state index >= 15 is 0 Å². The molecule has 0 N–H and O–H groups in total. The number of Topliss-reactive ketones (excluding diaryl/α,β-unsaturated/α-hetero) is 1. The van der Waals surface area contributed by atoms with Gasteiger partial charge in [-0.3, -0.25) is 4.79 Å². The topological polar surface area (TPSA) is 76.0 Å². The highest BCUT2D eigenvalue weighted by Gasteiger charge is 2.16. The van der Waals surface area contributed by atoms with E-state index in [9.17, 15) is 9.59 Å². The molecule has 0 bridgehead atoms. The summed E-state index contributed by atoms with van der Waals surface area (Å²) in [6, 6.07) is 5.19. The Morgan fingerprint density at radius 2 is 1.67 bits per heavy atom. The Morgan fingerprint density at radius 3 is 2.20 bits per heavy atom. The predicted octanol–water partition coefficient (Wildman–Crippen LogP) is 3.76. The lowest BCUT2D eigenvalue weighted by Crippen LogP contribution is -2.13. The number of benzene rings is 1. The van der Waals surface area contributed by atoms with E-state index in [0.29, 0.717) is 34.9 Å². The number of nitrogens with zero attached hydrogens (tertiary/aromatic N) is 1. The summed E-state index contributed by atoms with van der Waals surface area (Å²) in [6.45, 7) is 7.77. The zero-order valence-corrected chi connectivity index (χ0v) is 18.0. The molecule has 30 heavy (non-hydrogen) atoms. The molecule has 2 rings (SSSR count). The number of methoxy groups -OCH3 is 3. The summed E-state index contributed by atoms with van der Waals surface area (Å²) in [4.78, 5) is 24.5. The van der Waals surface area contributed by atoms with E-state index in [1.807, 2.05) is 18.4 Å². The largest absolute Gasteiger partial charge is 0.493 e. The first-order valence-corrected chi connectivity index (χ1v) is 9.31. The maximum absolute atomic E-state index is 12.5. The zero-order chi connectivity index (χ0) is 22.3. The number of esters is 1. The van der Waals surface area contributed by atoms with Crippen molar-refractivity contribution in [3.05, 3.63) is 59.4 Å². The average molecular weight is 413 g/mol. The second-order valence-corrected chi connectivity index (χ2v) is 6.51. The molecule has 1 aromatic carbocycles. The summed E-state index contributed by atoms with van der Waals surface area (Å²) in [5.74, 6) is 0.508. The number of hydrogen-bond acceptors (Lipinski definition) is 6. The molecule has 0 spiro atoms. The molecular formula is C23H27NO6. The first-order valence-electron chi connectivity index (χ1n) is 9.31. The number of ether oxygens (including phenoxy) is 4. The third-order valence-corrected chi connectivity index (χ3v) is 4.63. The highest BCUT2D eigenvalue weighted by atomic mass is 16.5. The van der Waals surface area contributed by atoms with E-state index in [4.69, 9.17) is 18.9 Å². The van der Waals surface area contributed by atoms with Gasteiger partial charge in [0.25, 0.3) is 0 Å². The van der Waals surface area contributed by atoms with E-state index < -0.39 is 5.97 Å². The third kappa shape index (κ3) is 5.11. The van der Waals surface area contributed by atoms with Crippen LogP contribution in [-0.2, 0) is 16.1 Å². The van der Waals surface area contributed by atoms with Crippen molar-refractivity contribution in [3.63, 3.8) is 0 Å². The van der Waals surface area contributed by atoms with Crippen LogP contribution in [0.15, 0.2) is 36.9 Å². The summed E-state index contributed by atoms with van der Waals surface area (Å²) in [5, 5.41) is 0. The molecule has 0 saturated carbocycles. The van der Waals surface area contributed by atoms with Gasteiger partial charge in [-0.1, -0.05) is 6.08 Å². The number of rotatable bonds is 10. The Hall–Kier alpha value is -3.48. The minimum atomic E-state index is -0.628. The van der Waals surface area contributed by atoms with E-state index in [2.05, 4.69) is 6.58 Å².